The van der Waals surface area contributed by atoms with Crippen LogP contribution in [0.25, 0.3) is 0 Å². The topological polar surface area (TPSA) is 117 Å². The molecule has 3 unspecified atom stereocenters. The predicted molar refractivity (Wildman–Crippen MR) is 130 cm³/mol. The molecule has 3 saturated heterocycles. The van der Waals surface area contributed by atoms with Crippen LogP contribution in [0.4, 0.5) is 5.69 Å². The summed E-state index contributed by atoms with van der Waals surface area (Å²) in [7, 11) is 0. The molecule has 35 heavy (non-hydrogen) atoms. The van der Waals surface area contributed by atoms with E-state index in [9.17, 15) is 19.5 Å². The van der Waals surface area contributed by atoms with Gasteiger partial charge in [-0.05, 0) is 71.2 Å². The Bertz CT molecular complexity index is 1010. The van der Waals surface area contributed by atoms with Gasteiger partial charge in [-0.25, -0.2) is 0 Å². The largest absolute Gasteiger partial charge is 0.494 e. The predicted octanol–water partition coefficient (Wildman–Crippen LogP) is 1.94. The molecule has 0 saturated carbocycles. The summed E-state index contributed by atoms with van der Waals surface area (Å²) in [5.41, 5.74) is -1.96. The Morgan fingerprint density at radius 2 is 1.89 bits per heavy atom. The molecule has 6 atom stereocenters. The molecule has 3 aliphatic heterocycles. The van der Waals surface area contributed by atoms with Crippen molar-refractivity contribution in [2.45, 2.75) is 70.7 Å². The highest BCUT2D eigenvalue weighted by Gasteiger charge is 2.79. The Kier molecular flexibility index (Phi) is 6.38. The van der Waals surface area contributed by atoms with E-state index in [4.69, 9.17) is 9.47 Å². The fourth-order valence-corrected chi connectivity index (χ4v) is 6.25. The summed E-state index contributed by atoms with van der Waals surface area (Å²) >= 11 is 0. The summed E-state index contributed by atoms with van der Waals surface area (Å²) in [5, 5.41) is 15.6. The molecule has 1 spiro atoms. The van der Waals surface area contributed by atoms with Gasteiger partial charge in [-0.3, -0.25) is 14.4 Å². The molecule has 2 bridgehead atoms. The van der Waals surface area contributed by atoms with Crippen LogP contribution in [-0.4, -0.2) is 70.3 Å². The average Bonchev–Trinajstić information content (AvgIpc) is 3.26. The number of carbonyl (C=O) groups is 3. The van der Waals surface area contributed by atoms with Crippen LogP contribution < -0.4 is 15.4 Å². The van der Waals surface area contributed by atoms with Gasteiger partial charge < -0.3 is 30.1 Å². The normalized spacial score (nSPS) is 33.6. The molecule has 1 aromatic rings. The minimum absolute atomic E-state index is 0.000990. The average molecular weight is 488 g/mol. The van der Waals surface area contributed by atoms with Gasteiger partial charge in [0.25, 0.3) is 0 Å². The number of likely N-dealkylation sites (tertiary alicyclic amines) is 1. The van der Waals surface area contributed by atoms with Crippen molar-refractivity contribution in [2.24, 2.45) is 17.8 Å². The minimum atomic E-state index is -1.13. The molecule has 9 nitrogen and oxygen atoms in total. The number of anilines is 1. The maximum absolute atomic E-state index is 13.7. The summed E-state index contributed by atoms with van der Waals surface area (Å²) in [5.74, 6) is -1.91. The van der Waals surface area contributed by atoms with Crippen LogP contribution in [0.3, 0.4) is 0 Å². The first-order valence-corrected chi connectivity index (χ1v) is 12.3. The summed E-state index contributed by atoms with van der Waals surface area (Å²) in [6, 6.07) is 6.15. The van der Waals surface area contributed by atoms with Gasteiger partial charge in [-0.1, -0.05) is 6.92 Å². The molecule has 192 valence electrons. The zero-order valence-electron chi connectivity index (χ0n) is 21.4. The van der Waals surface area contributed by atoms with Crippen LogP contribution in [-0.2, 0) is 19.1 Å². The molecular weight excluding hydrogens is 450 g/mol. The maximum Gasteiger partial charge on any atom is 0.246 e. The fraction of sp³-hybridized carbons (Fsp3) is 0.654. The number of benzene rings is 1. The van der Waals surface area contributed by atoms with Gasteiger partial charge in [0.1, 0.15) is 17.4 Å². The monoisotopic (exact) mass is 487 g/mol. The lowest BCUT2D eigenvalue weighted by molar-refractivity contribution is -0.147. The number of aliphatic hydroxyl groups excluding tert-OH is 1. The molecule has 3 heterocycles. The summed E-state index contributed by atoms with van der Waals surface area (Å²) in [6.45, 7) is 11.6. The lowest BCUT2D eigenvalue weighted by Gasteiger charge is -2.36. The van der Waals surface area contributed by atoms with Gasteiger partial charge in [-0.15, -0.1) is 0 Å². The van der Waals surface area contributed by atoms with Crippen molar-refractivity contribution in [2.75, 3.05) is 25.1 Å². The second-order valence-electron chi connectivity index (χ2n) is 11.1. The van der Waals surface area contributed by atoms with Crippen molar-refractivity contribution in [3.63, 3.8) is 0 Å². The smallest absolute Gasteiger partial charge is 0.246 e. The quantitative estimate of drug-likeness (QED) is 0.541. The highest BCUT2D eigenvalue weighted by molar-refractivity contribution is 6.02. The third kappa shape index (κ3) is 4.08. The number of amides is 3. The second-order valence-corrected chi connectivity index (χ2v) is 11.1. The summed E-state index contributed by atoms with van der Waals surface area (Å²) in [6.07, 6.45) is 0.483. The van der Waals surface area contributed by atoms with Crippen molar-refractivity contribution in [1.82, 2.24) is 10.2 Å². The van der Waals surface area contributed by atoms with Gasteiger partial charge in [0.05, 0.1) is 30.7 Å². The molecule has 3 fully saturated rings. The molecule has 3 aliphatic rings. The van der Waals surface area contributed by atoms with Crippen molar-refractivity contribution in [1.29, 1.82) is 0 Å². The van der Waals surface area contributed by atoms with E-state index in [1.165, 1.54) is 4.90 Å². The number of nitrogens with zero attached hydrogens (tertiary/aromatic N) is 1. The van der Waals surface area contributed by atoms with Gasteiger partial charge in [0.2, 0.25) is 17.7 Å². The number of β-amino-alcohol motifs (C(OH)–C–C–N with tert-alkyl or cyclic N) is 1. The fourth-order valence-electron chi connectivity index (χ4n) is 6.25. The van der Waals surface area contributed by atoms with Gasteiger partial charge >= 0.3 is 0 Å². The number of fused-ring (bicyclic) bond motifs is 1. The van der Waals surface area contributed by atoms with E-state index < -0.39 is 34.6 Å². The zero-order chi connectivity index (χ0) is 25.8. The van der Waals surface area contributed by atoms with Crippen molar-refractivity contribution < 1.29 is 29.0 Å². The second kappa shape index (κ2) is 8.78. The molecule has 0 radical (unpaired) electrons. The van der Waals surface area contributed by atoms with Crippen LogP contribution in [0.5, 0.6) is 5.75 Å². The van der Waals surface area contributed by atoms with E-state index in [-0.39, 0.29) is 36.8 Å². The Morgan fingerprint density at radius 1 is 1.23 bits per heavy atom. The third-order valence-electron chi connectivity index (χ3n) is 7.62. The first-order valence-electron chi connectivity index (χ1n) is 12.3. The van der Waals surface area contributed by atoms with Gasteiger partial charge in [-0.2, -0.15) is 0 Å². The van der Waals surface area contributed by atoms with E-state index in [0.717, 1.165) is 0 Å². The molecular formula is C26H37N3O6. The number of aliphatic hydroxyl groups is 1. The van der Waals surface area contributed by atoms with Gasteiger partial charge in [0.15, 0.2) is 0 Å². The summed E-state index contributed by atoms with van der Waals surface area (Å²) in [4.78, 5) is 42.3. The van der Waals surface area contributed by atoms with Crippen LogP contribution in [0.15, 0.2) is 24.3 Å². The van der Waals surface area contributed by atoms with Crippen LogP contribution in [0.2, 0.25) is 0 Å². The van der Waals surface area contributed by atoms with E-state index in [2.05, 4.69) is 10.6 Å². The number of nitrogens with one attached hydrogen (secondary N) is 2. The molecule has 4 rings (SSSR count). The molecule has 3 amide bonds. The highest BCUT2D eigenvalue weighted by atomic mass is 16.5. The molecule has 0 aliphatic carbocycles. The van der Waals surface area contributed by atoms with E-state index in [1.54, 1.807) is 24.3 Å². The minimum Gasteiger partial charge on any atom is -0.494 e. The van der Waals surface area contributed by atoms with E-state index in [1.807, 2.05) is 41.5 Å². The van der Waals surface area contributed by atoms with E-state index >= 15 is 0 Å². The van der Waals surface area contributed by atoms with E-state index in [0.29, 0.717) is 24.5 Å². The molecule has 3 N–H and O–H groups in total. The zero-order valence-corrected chi connectivity index (χ0v) is 21.4. The molecule has 1 aromatic carbocycles. The SMILES string of the molecule is CCOc1ccc(NC(=O)[C@@H]2[C@H]3C(=O)N(CCO)C(C(=O)NC(C)(C)C)C34CC(C)[C@@]2(C)O4)cc1. The molecule has 0 aromatic heterocycles. The van der Waals surface area contributed by atoms with Crippen LogP contribution >= 0.6 is 0 Å². The van der Waals surface area contributed by atoms with Crippen LogP contribution in [0, 0.1) is 17.8 Å². The Hall–Kier alpha value is -2.65. The summed E-state index contributed by atoms with van der Waals surface area (Å²) < 4.78 is 12.1. The maximum atomic E-state index is 13.7. The van der Waals surface area contributed by atoms with Gasteiger partial charge in [0, 0.05) is 17.8 Å². The first-order chi connectivity index (χ1) is 16.4. The molecule has 9 heteroatoms. The van der Waals surface area contributed by atoms with Crippen molar-refractivity contribution >= 4 is 23.4 Å². The lowest BCUT2D eigenvalue weighted by Crippen LogP contribution is -2.58. The Balaban J connectivity index is 1.69. The number of carbonyl (C=O) groups excluding carboxylic acids is 3. The number of hydrogen-bond donors (Lipinski definition) is 3. The number of ether oxygens (including phenoxy) is 2. The Morgan fingerprint density at radius 3 is 2.46 bits per heavy atom. The van der Waals surface area contributed by atoms with Crippen molar-refractivity contribution in [3.8, 4) is 5.75 Å². The number of rotatable bonds is 7. The highest BCUT2D eigenvalue weighted by Crippen LogP contribution is 2.65. The number of hydrogen-bond acceptors (Lipinski definition) is 6. The van der Waals surface area contributed by atoms with Crippen molar-refractivity contribution in [3.05, 3.63) is 24.3 Å². The Labute approximate surface area is 206 Å². The first kappa shape index (κ1) is 25.4. The lowest BCUT2D eigenvalue weighted by atomic mass is 9.62. The standard InChI is InChI=1S/C26H37N3O6/c1-7-34-17-10-8-16(9-11-17)27-21(31)18-19-23(33)29(12-13-30)20(22(32)28-24(3,4)5)26(19)14-15(2)25(18,6)35-26/h8-11,15,18-20,30H,7,12-14H2,1-6H3,(H,27,31)(H,28,32)/t15?,18-,19-,20?,25+,26?/m0/s1. The van der Waals surface area contributed by atoms with Crippen LogP contribution in [0.1, 0.15) is 48.0 Å². The third-order valence-corrected chi connectivity index (χ3v) is 7.62.